The second kappa shape index (κ2) is 8.14. The number of carbonyl (C=O) groups is 1. The summed E-state index contributed by atoms with van der Waals surface area (Å²) in [6.07, 6.45) is 2.50. The summed E-state index contributed by atoms with van der Waals surface area (Å²) >= 11 is 0. The van der Waals surface area contributed by atoms with Crippen LogP contribution in [0.2, 0.25) is 0 Å². The summed E-state index contributed by atoms with van der Waals surface area (Å²) in [6.45, 7) is 7.27. The summed E-state index contributed by atoms with van der Waals surface area (Å²) in [6, 6.07) is 9.10. The zero-order chi connectivity index (χ0) is 19.4. The Labute approximate surface area is 155 Å². The van der Waals surface area contributed by atoms with Gasteiger partial charge in [0.2, 0.25) is 6.41 Å². The van der Waals surface area contributed by atoms with Gasteiger partial charge in [-0.15, -0.1) is 0 Å². The third-order valence-corrected chi connectivity index (χ3v) is 5.43. The Hall–Kier alpha value is -1.99. The number of benzene rings is 1. The molecule has 26 heavy (non-hydrogen) atoms. The van der Waals surface area contributed by atoms with E-state index in [4.69, 9.17) is 4.84 Å². The highest BCUT2D eigenvalue weighted by Gasteiger charge is 2.22. The van der Waals surface area contributed by atoms with E-state index in [1.807, 2.05) is 51.1 Å². The van der Waals surface area contributed by atoms with Crippen LogP contribution in [0.5, 0.6) is 0 Å². The minimum Gasteiger partial charge on any atom is -0.276 e. The van der Waals surface area contributed by atoms with Crippen LogP contribution in [0.3, 0.4) is 0 Å². The lowest BCUT2D eigenvalue weighted by Crippen LogP contribution is -2.39. The topological polar surface area (TPSA) is 76.6 Å². The molecule has 0 saturated carbocycles. The first-order valence-electron chi connectivity index (χ1n) is 8.56. The Kier molecular flexibility index (Phi) is 6.36. The number of hydroxylamine groups is 2. The van der Waals surface area contributed by atoms with Gasteiger partial charge in [-0.1, -0.05) is 18.2 Å². The fraction of sp³-hybridized carbons (Fsp3) is 0.474. The number of aromatic nitrogens is 1. The lowest BCUT2D eigenvalue weighted by molar-refractivity contribution is -0.230. The fourth-order valence-electron chi connectivity index (χ4n) is 2.53. The second-order valence-corrected chi connectivity index (χ2v) is 9.62. The van der Waals surface area contributed by atoms with E-state index in [1.54, 1.807) is 13.1 Å². The van der Waals surface area contributed by atoms with Crippen molar-refractivity contribution < 1.29 is 18.0 Å². The fourth-order valence-corrected chi connectivity index (χ4v) is 4.04. The zero-order valence-corrected chi connectivity index (χ0v) is 16.5. The quantitative estimate of drug-likeness (QED) is 0.521. The Morgan fingerprint density at radius 3 is 2.62 bits per heavy atom. The van der Waals surface area contributed by atoms with E-state index < -0.39 is 15.4 Å². The van der Waals surface area contributed by atoms with Crippen molar-refractivity contribution in [3.63, 3.8) is 0 Å². The molecule has 0 radical (unpaired) electrons. The zero-order valence-electron chi connectivity index (χ0n) is 15.7. The van der Waals surface area contributed by atoms with Gasteiger partial charge in [0.05, 0.1) is 28.7 Å². The Balaban J connectivity index is 2.00. The van der Waals surface area contributed by atoms with Gasteiger partial charge in [-0.25, -0.2) is 13.5 Å². The molecule has 1 aromatic carbocycles. The van der Waals surface area contributed by atoms with Gasteiger partial charge in [0.25, 0.3) is 0 Å². The number of carbonyl (C=O) groups excluding carboxylic acids is 1. The average molecular weight is 378 g/mol. The van der Waals surface area contributed by atoms with Crippen LogP contribution in [0.1, 0.15) is 39.7 Å². The van der Waals surface area contributed by atoms with Gasteiger partial charge in [-0.3, -0.25) is 14.6 Å². The third-order valence-electron chi connectivity index (χ3n) is 3.80. The third kappa shape index (κ3) is 6.07. The van der Waals surface area contributed by atoms with Crippen LogP contribution in [0.4, 0.5) is 0 Å². The van der Waals surface area contributed by atoms with Crippen LogP contribution in [0.15, 0.2) is 36.5 Å². The van der Waals surface area contributed by atoms with Gasteiger partial charge in [0.15, 0.2) is 9.84 Å². The molecular weight excluding hydrogens is 352 g/mol. The predicted octanol–water partition coefficient (Wildman–Crippen LogP) is 3.12. The summed E-state index contributed by atoms with van der Waals surface area (Å²) in [5.74, 6) is -0.0996. The van der Waals surface area contributed by atoms with Crippen LogP contribution < -0.4 is 0 Å². The number of nitrogens with zero attached hydrogens (tertiary/aromatic N) is 2. The first-order chi connectivity index (χ1) is 12.1. The Morgan fingerprint density at radius 2 is 1.96 bits per heavy atom. The molecule has 0 N–H and O–H groups in total. The van der Waals surface area contributed by atoms with Gasteiger partial charge >= 0.3 is 0 Å². The van der Waals surface area contributed by atoms with Gasteiger partial charge in [0.1, 0.15) is 0 Å². The van der Waals surface area contributed by atoms with Crippen LogP contribution in [-0.2, 0) is 25.2 Å². The molecule has 0 fully saturated rings. The van der Waals surface area contributed by atoms with Gasteiger partial charge in [0, 0.05) is 11.6 Å². The van der Waals surface area contributed by atoms with Crippen molar-refractivity contribution in [1.82, 2.24) is 10.0 Å². The molecule has 0 bridgehead atoms. The van der Waals surface area contributed by atoms with E-state index in [0.29, 0.717) is 18.4 Å². The molecule has 0 unspecified atom stereocenters. The lowest BCUT2D eigenvalue weighted by atomic mass is 10.2. The highest BCUT2D eigenvalue weighted by atomic mass is 32.2. The molecule has 1 heterocycles. The smallest absolute Gasteiger partial charge is 0.233 e. The van der Waals surface area contributed by atoms with Crippen molar-refractivity contribution in [3.8, 4) is 0 Å². The maximum atomic E-state index is 12.5. The molecule has 0 aliphatic carbocycles. The molecule has 0 saturated heterocycles. The SMILES string of the molecule is C[C@@H](CCS(=O)(=O)Cc1cnc2ccccc2c1)N(C=O)OC(C)(C)C. The molecule has 2 rings (SSSR count). The van der Waals surface area contributed by atoms with E-state index in [-0.39, 0.29) is 17.5 Å². The minimum atomic E-state index is -3.32. The van der Waals surface area contributed by atoms with E-state index in [0.717, 1.165) is 10.9 Å². The Bertz CT molecular complexity index is 859. The number of para-hydroxylation sites is 1. The summed E-state index contributed by atoms with van der Waals surface area (Å²) in [5, 5.41) is 2.10. The molecular formula is C19H26N2O4S. The largest absolute Gasteiger partial charge is 0.276 e. The van der Waals surface area contributed by atoms with Crippen molar-refractivity contribution in [2.45, 2.75) is 51.5 Å². The van der Waals surface area contributed by atoms with Crippen LogP contribution >= 0.6 is 0 Å². The number of rotatable bonds is 8. The molecule has 1 amide bonds. The maximum Gasteiger partial charge on any atom is 0.233 e. The summed E-state index contributed by atoms with van der Waals surface area (Å²) < 4.78 is 24.9. The molecule has 0 spiro atoms. The lowest BCUT2D eigenvalue weighted by Gasteiger charge is -2.31. The number of pyridine rings is 1. The molecule has 7 heteroatoms. The summed E-state index contributed by atoms with van der Waals surface area (Å²) in [7, 11) is -3.32. The first kappa shape index (κ1) is 20.3. The first-order valence-corrected chi connectivity index (χ1v) is 10.4. The highest BCUT2D eigenvalue weighted by molar-refractivity contribution is 7.90. The number of hydrogen-bond donors (Lipinski definition) is 0. The van der Waals surface area contributed by atoms with Crippen molar-refractivity contribution in [2.24, 2.45) is 0 Å². The maximum absolute atomic E-state index is 12.5. The number of hydrogen-bond acceptors (Lipinski definition) is 5. The van der Waals surface area contributed by atoms with Gasteiger partial charge in [-0.05, 0) is 51.8 Å². The number of fused-ring (bicyclic) bond motifs is 1. The molecule has 6 nitrogen and oxygen atoms in total. The molecule has 1 atom stereocenters. The molecule has 1 aromatic heterocycles. The van der Waals surface area contributed by atoms with Gasteiger partial charge in [-0.2, -0.15) is 0 Å². The average Bonchev–Trinajstić information content (AvgIpc) is 2.56. The van der Waals surface area contributed by atoms with Gasteiger partial charge < -0.3 is 0 Å². The second-order valence-electron chi connectivity index (χ2n) is 7.43. The van der Waals surface area contributed by atoms with Crippen molar-refractivity contribution in [3.05, 3.63) is 42.1 Å². The van der Waals surface area contributed by atoms with Crippen LogP contribution in [0.25, 0.3) is 10.9 Å². The van der Waals surface area contributed by atoms with Crippen molar-refractivity contribution in [1.29, 1.82) is 0 Å². The van der Waals surface area contributed by atoms with Crippen molar-refractivity contribution in [2.75, 3.05) is 5.75 Å². The number of amides is 1. The highest BCUT2D eigenvalue weighted by Crippen LogP contribution is 2.17. The summed E-state index contributed by atoms with van der Waals surface area (Å²) in [4.78, 5) is 21.1. The normalized spacial score (nSPS) is 13.5. The molecule has 0 aliphatic rings. The monoisotopic (exact) mass is 378 g/mol. The van der Waals surface area contributed by atoms with E-state index >= 15 is 0 Å². The predicted molar refractivity (Wildman–Crippen MR) is 102 cm³/mol. The van der Waals surface area contributed by atoms with Crippen LogP contribution in [0, 0.1) is 0 Å². The molecule has 142 valence electrons. The Morgan fingerprint density at radius 1 is 1.27 bits per heavy atom. The van der Waals surface area contributed by atoms with E-state index in [9.17, 15) is 13.2 Å². The molecule has 0 aliphatic heterocycles. The van der Waals surface area contributed by atoms with Crippen molar-refractivity contribution >= 4 is 27.2 Å². The minimum absolute atomic E-state index is 0.0289. The standard InChI is InChI=1S/C19H26N2O4S/c1-15(21(14-22)25-19(2,3)4)9-10-26(23,24)13-16-11-17-7-5-6-8-18(17)20-12-16/h5-8,11-12,14-15H,9-10,13H2,1-4H3/t15-/m0/s1. The van der Waals surface area contributed by atoms with Crippen LogP contribution in [-0.4, -0.2) is 42.3 Å². The summed E-state index contributed by atoms with van der Waals surface area (Å²) in [5.41, 5.74) is 0.975. The van der Waals surface area contributed by atoms with E-state index in [2.05, 4.69) is 4.98 Å². The molecule has 2 aromatic rings. The number of sulfone groups is 1. The van der Waals surface area contributed by atoms with E-state index in [1.165, 1.54) is 5.06 Å².